The maximum atomic E-state index is 5.84. The summed E-state index contributed by atoms with van der Waals surface area (Å²) >= 11 is 0. The first-order valence-corrected chi connectivity index (χ1v) is 7.34. The number of para-hydroxylation sites is 2. The number of hydrogen-bond acceptors (Lipinski definition) is 4. The van der Waals surface area contributed by atoms with Crippen molar-refractivity contribution in [1.82, 2.24) is 5.32 Å². The molecule has 1 aromatic heterocycles. The molecule has 2 aromatic rings. The van der Waals surface area contributed by atoms with E-state index >= 15 is 0 Å². The lowest BCUT2D eigenvalue weighted by molar-refractivity contribution is 0.246. The molecule has 114 valence electrons. The Bertz CT molecular complexity index is 548. The third kappa shape index (κ3) is 4.53. The minimum absolute atomic E-state index is 0.395. The van der Waals surface area contributed by atoms with E-state index in [1.165, 1.54) is 0 Å². The van der Waals surface area contributed by atoms with Crippen LogP contribution in [0.1, 0.15) is 32.1 Å². The topological polar surface area (TPSA) is 43.6 Å². The van der Waals surface area contributed by atoms with Crippen molar-refractivity contribution >= 4 is 0 Å². The second kappa shape index (κ2) is 7.74. The lowest BCUT2D eigenvalue weighted by Gasteiger charge is -2.12. The first kappa shape index (κ1) is 15.4. The third-order valence-electron chi connectivity index (χ3n) is 3.05. The van der Waals surface area contributed by atoms with Gasteiger partial charge in [-0.1, -0.05) is 26.0 Å². The molecule has 0 aliphatic carbocycles. The van der Waals surface area contributed by atoms with E-state index in [-0.39, 0.29) is 0 Å². The van der Waals surface area contributed by atoms with Gasteiger partial charge in [0, 0.05) is 18.2 Å². The summed E-state index contributed by atoms with van der Waals surface area (Å²) in [4.78, 5) is 0. The molecule has 1 heterocycles. The van der Waals surface area contributed by atoms with Gasteiger partial charge < -0.3 is 19.2 Å². The molecule has 0 saturated carbocycles. The molecular formula is C17H23NO3. The summed E-state index contributed by atoms with van der Waals surface area (Å²) in [5.74, 6) is 2.33. The minimum atomic E-state index is 0.395. The zero-order chi connectivity index (χ0) is 15.1. The predicted molar refractivity (Wildman–Crippen MR) is 82.6 cm³/mol. The zero-order valence-electron chi connectivity index (χ0n) is 12.9. The van der Waals surface area contributed by atoms with E-state index in [4.69, 9.17) is 13.9 Å². The van der Waals surface area contributed by atoms with Gasteiger partial charge in [0.25, 0.3) is 0 Å². The van der Waals surface area contributed by atoms with Crippen molar-refractivity contribution in [3.8, 4) is 11.5 Å². The second-order valence-electron chi connectivity index (χ2n) is 5.07. The normalized spacial score (nSPS) is 10.9. The summed E-state index contributed by atoms with van der Waals surface area (Å²) < 4.78 is 16.9. The third-order valence-corrected chi connectivity index (χ3v) is 3.05. The molecular weight excluding hydrogens is 266 g/mol. The average molecular weight is 289 g/mol. The van der Waals surface area contributed by atoms with Crippen LogP contribution in [0, 0.1) is 0 Å². The number of benzene rings is 1. The van der Waals surface area contributed by atoms with Crippen molar-refractivity contribution in [3.05, 3.63) is 47.9 Å². The van der Waals surface area contributed by atoms with Crippen molar-refractivity contribution in [2.75, 3.05) is 6.61 Å². The fourth-order valence-corrected chi connectivity index (χ4v) is 1.95. The van der Waals surface area contributed by atoms with Crippen LogP contribution in [0.25, 0.3) is 0 Å². The Balaban J connectivity index is 1.99. The molecule has 0 saturated heterocycles. The molecule has 0 atom stereocenters. The summed E-state index contributed by atoms with van der Waals surface area (Å²) in [6, 6.07) is 10.1. The summed E-state index contributed by atoms with van der Waals surface area (Å²) in [5, 5.41) is 3.38. The van der Waals surface area contributed by atoms with E-state index in [9.17, 15) is 0 Å². The van der Waals surface area contributed by atoms with E-state index in [1.54, 1.807) is 6.26 Å². The Morgan fingerprint density at radius 1 is 1.10 bits per heavy atom. The molecule has 0 unspecified atom stereocenters. The number of ether oxygens (including phenoxy) is 2. The highest BCUT2D eigenvalue weighted by atomic mass is 16.5. The van der Waals surface area contributed by atoms with Gasteiger partial charge in [0.1, 0.15) is 12.4 Å². The molecule has 0 bridgehead atoms. The van der Waals surface area contributed by atoms with E-state index in [0.717, 1.165) is 29.4 Å². The van der Waals surface area contributed by atoms with E-state index in [1.807, 2.05) is 37.3 Å². The molecule has 0 aliphatic heterocycles. The van der Waals surface area contributed by atoms with Gasteiger partial charge in [-0.25, -0.2) is 0 Å². The van der Waals surface area contributed by atoms with Gasteiger partial charge in [-0.15, -0.1) is 0 Å². The van der Waals surface area contributed by atoms with Crippen LogP contribution in [0.15, 0.2) is 41.0 Å². The van der Waals surface area contributed by atoms with Gasteiger partial charge in [-0.05, 0) is 25.1 Å². The van der Waals surface area contributed by atoms with E-state index in [0.29, 0.717) is 19.3 Å². The maximum absolute atomic E-state index is 5.84. The fourth-order valence-electron chi connectivity index (χ4n) is 1.95. The maximum Gasteiger partial charge on any atom is 0.161 e. The molecule has 1 N–H and O–H groups in total. The first-order chi connectivity index (χ1) is 10.2. The van der Waals surface area contributed by atoms with Crippen LogP contribution >= 0.6 is 0 Å². The van der Waals surface area contributed by atoms with Crippen LogP contribution in [0.5, 0.6) is 11.5 Å². The van der Waals surface area contributed by atoms with Gasteiger partial charge in [0.15, 0.2) is 11.5 Å². The van der Waals surface area contributed by atoms with Crippen LogP contribution < -0.4 is 14.8 Å². The smallest absolute Gasteiger partial charge is 0.161 e. The van der Waals surface area contributed by atoms with Crippen LogP contribution in [0.3, 0.4) is 0 Å². The minimum Gasteiger partial charge on any atom is -0.490 e. The summed E-state index contributed by atoms with van der Waals surface area (Å²) in [6.45, 7) is 7.99. The van der Waals surface area contributed by atoms with Gasteiger partial charge in [-0.2, -0.15) is 0 Å². The number of nitrogens with one attached hydrogen (secondary N) is 1. The molecule has 4 heteroatoms. The highest BCUT2D eigenvalue weighted by Gasteiger charge is 2.10. The predicted octanol–water partition coefficient (Wildman–Crippen LogP) is 3.76. The summed E-state index contributed by atoms with van der Waals surface area (Å²) in [7, 11) is 0. The van der Waals surface area contributed by atoms with Crippen molar-refractivity contribution in [2.45, 2.75) is 40.0 Å². The number of furan rings is 1. The van der Waals surface area contributed by atoms with Crippen LogP contribution in [0.2, 0.25) is 0 Å². The summed E-state index contributed by atoms with van der Waals surface area (Å²) in [6.07, 6.45) is 1.70. The Morgan fingerprint density at radius 2 is 1.81 bits per heavy atom. The van der Waals surface area contributed by atoms with Crippen LogP contribution in [0.4, 0.5) is 0 Å². The molecule has 2 rings (SSSR count). The van der Waals surface area contributed by atoms with Crippen molar-refractivity contribution in [2.24, 2.45) is 0 Å². The lowest BCUT2D eigenvalue weighted by atomic mass is 10.2. The van der Waals surface area contributed by atoms with Crippen LogP contribution in [-0.2, 0) is 13.2 Å². The quantitative estimate of drug-likeness (QED) is 0.803. The molecule has 0 spiro atoms. The molecule has 0 amide bonds. The van der Waals surface area contributed by atoms with E-state index in [2.05, 4.69) is 19.2 Å². The Hall–Kier alpha value is -1.94. The first-order valence-electron chi connectivity index (χ1n) is 7.34. The number of rotatable bonds is 8. The molecule has 1 aromatic carbocycles. The fraction of sp³-hybridized carbons (Fsp3) is 0.412. The molecule has 0 aliphatic rings. The monoisotopic (exact) mass is 289 g/mol. The molecule has 21 heavy (non-hydrogen) atoms. The molecule has 0 fully saturated rings. The van der Waals surface area contributed by atoms with Gasteiger partial charge in [-0.3, -0.25) is 0 Å². The van der Waals surface area contributed by atoms with Crippen molar-refractivity contribution < 1.29 is 13.9 Å². The highest BCUT2D eigenvalue weighted by Crippen LogP contribution is 2.27. The summed E-state index contributed by atoms with van der Waals surface area (Å²) in [5.41, 5.74) is 1.12. The van der Waals surface area contributed by atoms with Gasteiger partial charge in [0.2, 0.25) is 0 Å². The SMILES string of the molecule is CCOc1ccccc1OCc1occc1CNC(C)C. The van der Waals surface area contributed by atoms with Gasteiger partial charge in [0.05, 0.1) is 12.9 Å². The largest absolute Gasteiger partial charge is 0.490 e. The zero-order valence-corrected chi connectivity index (χ0v) is 12.9. The standard InChI is InChI=1S/C17H23NO3/c1-4-19-15-7-5-6-8-16(15)21-12-17-14(9-10-20-17)11-18-13(2)3/h5-10,13,18H,4,11-12H2,1-3H3. The average Bonchev–Trinajstić information content (AvgIpc) is 2.92. The molecule has 4 nitrogen and oxygen atoms in total. The number of hydrogen-bond donors (Lipinski definition) is 1. The lowest BCUT2D eigenvalue weighted by Crippen LogP contribution is -2.22. The van der Waals surface area contributed by atoms with Crippen molar-refractivity contribution in [1.29, 1.82) is 0 Å². The Labute approximate surface area is 126 Å². The Kier molecular flexibility index (Phi) is 5.69. The van der Waals surface area contributed by atoms with Crippen molar-refractivity contribution in [3.63, 3.8) is 0 Å². The Morgan fingerprint density at radius 3 is 2.48 bits per heavy atom. The second-order valence-corrected chi connectivity index (χ2v) is 5.07. The van der Waals surface area contributed by atoms with Gasteiger partial charge >= 0.3 is 0 Å². The highest BCUT2D eigenvalue weighted by molar-refractivity contribution is 5.39. The molecule has 0 radical (unpaired) electrons. The van der Waals surface area contributed by atoms with E-state index < -0.39 is 0 Å². The van der Waals surface area contributed by atoms with Crippen LogP contribution in [-0.4, -0.2) is 12.6 Å².